The zero-order chi connectivity index (χ0) is 8.23. The standard InChI is InChI=1S/C10H14N2.Cd.4H2O/c1-3-7-11-9(5-1)10-6-2-4-8-12-10;;;;;/h1,3,5,10H,2,4,6-8H2;;4*1H2/q-2;+2;;;;/p+4. The molecule has 98 valence electrons. The molecular weight excluding hydrogens is 325 g/mol. The maximum Gasteiger partial charge on any atom is 2.00 e. The summed E-state index contributed by atoms with van der Waals surface area (Å²) in [5.41, 5.74) is 1.19. The first-order valence-corrected chi connectivity index (χ1v) is 4.67. The van der Waals surface area contributed by atoms with Gasteiger partial charge in [-0.2, -0.15) is 5.70 Å². The SMILES string of the molecule is C1=CC[N-]C(C2CCCC[N-]2)=C1.[Cd+2].[OH3+].[OH3+].[OH3+].[OH3+]. The van der Waals surface area contributed by atoms with E-state index in [4.69, 9.17) is 0 Å². The molecule has 0 radical (unpaired) electrons. The number of hydrogen-bond acceptors (Lipinski definition) is 0. The minimum absolute atomic E-state index is 0. The molecule has 0 aromatic carbocycles. The molecular formula is C10H26CdN2O4+4. The Morgan fingerprint density at radius 2 is 1.76 bits per heavy atom. The Morgan fingerprint density at radius 3 is 2.24 bits per heavy atom. The second-order valence-electron chi connectivity index (χ2n) is 3.28. The average Bonchev–Trinajstić information content (AvgIpc) is 2.21. The molecule has 12 N–H and O–H groups in total. The van der Waals surface area contributed by atoms with E-state index >= 15 is 0 Å². The fraction of sp³-hybridized carbons (Fsp3) is 0.600. The average molecular weight is 351 g/mol. The van der Waals surface area contributed by atoms with Crippen molar-refractivity contribution in [3.05, 3.63) is 34.6 Å². The Morgan fingerprint density at radius 1 is 1.06 bits per heavy atom. The van der Waals surface area contributed by atoms with Gasteiger partial charge in [0.15, 0.2) is 0 Å². The molecule has 1 saturated heterocycles. The normalized spacial score (nSPS) is 20.7. The number of nitrogens with zero attached hydrogens (tertiary/aromatic N) is 2. The maximum absolute atomic E-state index is 4.56. The summed E-state index contributed by atoms with van der Waals surface area (Å²) in [6, 6.07) is 0.406. The van der Waals surface area contributed by atoms with Crippen molar-refractivity contribution in [3.8, 4) is 0 Å². The zero-order valence-corrected chi connectivity index (χ0v) is 14.3. The van der Waals surface area contributed by atoms with Crippen LogP contribution in [0.5, 0.6) is 0 Å². The molecule has 17 heavy (non-hydrogen) atoms. The van der Waals surface area contributed by atoms with Crippen molar-refractivity contribution in [1.29, 1.82) is 0 Å². The van der Waals surface area contributed by atoms with E-state index < -0.39 is 0 Å². The van der Waals surface area contributed by atoms with Crippen LogP contribution in [0.25, 0.3) is 10.6 Å². The summed E-state index contributed by atoms with van der Waals surface area (Å²) < 4.78 is 0. The fourth-order valence-corrected chi connectivity index (χ4v) is 1.68. The summed E-state index contributed by atoms with van der Waals surface area (Å²) in [6.07, 6.45) is 10.0. The Labute approximate surface area is 122 Å². The summed E-state index contributed by atoms with van der Waals surface area (Å²) in [5.74, 6) is 0. The number of hydrogen-bond donors (Lipinski definition) is 0. The second kappa shape index (κ2) is 14.1. The van der Waals surface area contributed by atoms with Crippen LogP contribution in [0.4, 0.5) is 0 Å². The van der Waals surface area contributed by atoms with Gasteiger partial charge in [0.2, 0.25) is 0 Å². The Kier molecular flexibility index (Phi) is 21.3. The minimum Gasteiger partial charge on any atom is -0.686 e. The van der Waals surface area contributed by atoms with Crippen molar-refractivity contribution >= 4 is 0 Å². The molecule has 0 aliphatic carbocycles. The van der Waals surface area contributed by atoms with Crippen LogP contribution < -0.4 is 0 Å². The van der Waals surface area contributed by atoms with E-state index in [-0.39, 0.29) is 49.2 Å². The number of rotatable bonds is 1. The van der Waals surface area contributed by atoms with E-state index in [1.165, 1.54) is 25.0 Å². The minimum atomic E-state index is 0. The summed E-state index contributed by atoms with van der Waals surface area (Å²) >= 11 is 0. The molecule has 1 unspecified atom stereocenters. The van der Waals surface area contributed by atoms with Gasteiger partial charge in [-0.25, -0.2) is 0 Å². The van der Waals surface area contributed by atoms with Crippen LogP contribution in [-0.4, -0.2) is 19.1 Å². The maximum atomic E-state index is 4.56. The molecule has 2 rings (SSSR count). The molecule has 6 nitrogen and oxygen atoms in total. The van der Waals surface area contributed by atoms with Crippen LogP contribution in [0.2, 0.25) is 0 Å². The van der Waals surface area contributed by atoms with Gasteiger partial charge in [-0.1, -0.05) is 31.4 Å². The molecule has 0 amide bonds. The Hall–Kier alpha value is 0.00208. The molecule has 2 aliphatic heterocycles. The van der Waals surface area contributed by atoms with E-state index in [1.807, 2.05) is 0 Å². The van der Waals surface area contributed by atoms with Crippen LogP contribution in [0.3, 0.4) is 0 Å². The van der Waals surface area contributed by atoms with Gasteiger partial charge in [0, 0.05) is 0 Å². The predicted molar refractivity (Wildman–Crippen MR) is 70.8 cm³/mol. The van der Waals surface area contributed by atoms with E-state index in [0.717, 1.165) is 13.1 Å². The molecule has 1 atom stereocenters. The third-order valence-electron chi connectivity index (χ3n) is 2.36. The van der Waals surface area contributed by atoms with Crippen LogP contribution in [0.15, 0.2) is 23.9 Å². The van der Waals surface area contributed by atoms with Crippen molar-refractivity contribution in [2.45, 2.75) is 25.3 Å². The van der Waals surface area contributed by atoms with Gasteiger partial charge in [0.1, 0.15) is 0 Å². The number of piperidine rings is 1. The Bertz CT molecular complexity index is 218. The summed E-state index contributed by atoms with van der Waals surface area (Å²) in [5, 5.41) is 8.99. The summed E-state index contributed by atoms with van der Waals surface area (Å²) in [4.78, 5) is 0. The first-order valence-electron chi connectivity index (χ1n) is 4.67. The zero-order valence-electron chi connectivity index (χ0n) is 10.3. The van der Waals surface area contributed by atoms with Gasteiger partial charge in [-0.3, -0.25) is 0 Å². The predicted octanol–water partition coefficient (Wildman–Crippen LogP) is -0.950. The van der Waals surface area contributed by atoms with Crippen LogP contribution >= 0.6 is 0 Å². The topological polar surface area (TPSA) is 160 Å². The van der Waals surface area contributed by atoms with Gasteiger partial charge in [-0.15, -0.1) is 25.2 Å². The molecule has 7 heteroatoms. The fourth-order valence-electron chi connectivity index (χ4n) is 1.68. The van der Waals surface area contributed by atoms with E-state index in [1.54, 1.807) is 0 Å². The van der Waals surface area contributed by atoms with Crippen molar-refractivity contribution < 1.29 is 49.2 Å². The smallest absolute Gasteiger partial charge is 0.686 e. The summed E-state index contributed by atoms with van der Waals surface area (Å²) in [7, 11) is 0. The van der Waals surface area contributed by atoms with Gasteiger partial charge in [-0.05, 0) is 0 Å². The molecule has 0 bridgehead atoms. The molecule has 0 aromatic rings. The molecule has 0 spiro atoms. The monoisotopic (exact) mass is 352 g/mol. The van der Waals surface area contributed by atoms with Crippen molar-refractivity contribution in [3.63, 3.8) is 0 Å². The first kappa shape index (κ1) is 25.8. The van der Waals surface area contributed by atoms with E-state index in [9.17, 15) is 0 Å². The molecule has 0 saturated carbocycles. The molecule has 2 aliphatic rings. The van der Waals surface area contributed by atoms with Gasteiger partial charge >= 0.3 is 27.3 Å². The molecule has 2 heterocycles. The van der Waals surface area contributed by atoms with Gasteiger partial charge < -0.3 is 32.5 Å². The summed E-state index contributed by atoms with van der Waals surface area (Å²) in [6.45, 7) is 1.87. The van der Waals surface area contributed by atoms with E-state index in [0.29, 0.717) is 6.04 Å². The van der Waals surface area contributed by atoms with E-state index in [2.05, 4.69) is 28.9 Å². The third kappa shape index (κ3) is 7.84. The molecule has 1 fully saturated rings. The quantitative estimate of drug-likeness (QED) is 0.421. The first-order chi connectivity index (χ1) is 5.97. The van der Waals surface area contributed by atoms with Gasteiger partial charge in [0.25, 0.3) is 0 Å². The third-order valence-corrected chi connectivity index (χ3v) is 2.36. The van der Waals surface area contributed by atoms with Crippen molar-refractivity contribution in [2.75, 3.05) is 13.1 Å². The van der Waals surface area contributed by atoms with Crippen LogP contribution in [-0.2, 0) is 49.2 Å². The van der Waals surface area contributed by atoms with Crippen molar-refractivity contribution in [1.82, 2.24) is 0 Å². The Balaban J connectivity index is -0.000000169. The second-order valence-corrected chi connectivity index (χ2v) is 3.28. The van der Waals surface area contributed by atoms with Crippen molar-refractivity contribution in [2.24, 2.45) is 0 Å². The number of allylic oxidation sites excluding steroid dienone is 2. The molecule has 0 aromatic heterocycles. The largest absolute Gasteiger partial charge is 2.00 e. The van der Waals surface area contributed by atoms with Crippen LogP contribution in [0, 0.1) is 0 Å². The van der Waals surface area contributed by atoms with Crippen LogP contribution in [0.1, 0.15) is 19.3 Å². The van der Waals surface area contributed by atoms with Gasteiger partial charge in [0.05, 0.1) is 0 Å².